The number of benzene rings is 1. The predicted octanol–water partition coefficient (Wildman–Crippen LogP) is -0.140. The number of amides is 1. The summed E-state index contributed by atoms with van der Waals surface area (Å²) in [6, 6.07) is 6.33. The largest absolute Gasteiger partial charge is 0.488 e. The number of halogens is 1. The smallest absolute Gasteiger partial charge is 0.423 e. The summed E-state index contributed by atoms with van der Waals surface area (Å²) in [6.07, 6.45) is 0. The molecule has 0 heterocycles. The van der Waals surface area contributed by atoms with Crippen molar-refractivity contribution in [2.45, 2.75) is 13.8 Å². The third-order valence-electron chi connectivity index (χ3n) is 3.05. The van der Waals surface area contributed by atoms with Crippen molar-refractivity contribution in [3.63, 3.8) is 0 Å². The number of hydrogen-bond donors (Lipinski definition) is 3. The first-order valence-electron chi connectivity index (χ1n) is 6.55. The van der Waals surface area contributed by atoms with Crippen LogP contribution in [0.15, 0.2) is 24.3 Å². The topological polar surface area (TPSA) is 72.8 Å². The standard InChI is InChI=1S/C13H21BN2O3.ClH/c1-3-16(4-2)9-8-15-13(17)11-6-5-7-12(10-11)14(18)19;/h5-7,10,18-19H,3-4,8-9H2,1-2H3,(H,15,17);1H. The molecule has 0 saturated heterocycles. The highest BCUT2D eigenvalue weighted by molar-refractivity contribution is 6.58. The second kappa shape index (κ2) is 9.77. The Kier molecular flexibility index (Phi) is 9.24. The first-order chi connectivity index (χ1) is 9.08. The molecule has 0 aliphatic heterocycles. The third-order valence-corrected chi connectivity index (χ3v) is 3.05. The molecule has 1 amide bonds. The SMILES string of the molecule is CCN(CC)CCNC(=O)c1cccc(B(O)O)c1.Cl. The molecule has 0 bridgehead atoms. The monoisotopic (exact) mass is 300 g/mol. The van der Waals surface area contributed by atoms with E-state index in [1.165, 1.54) is 6.07 Å². The van der Waals surface area contributed by atoms with Crippen molar-refractivity contribution in [1.82, 2.24) is 10.2 Å². The third kappa shape index (κ3) is 5.92. The zero-order valence-corrected chi connectivity index (χ0v) is 12.7. The van der Waals surface area contributed by atoms with E-state index >= 15 is 0 Å². The fourth-order valence-electron chi connectivity index (χ4n) is 1.81. The van der Waals surface area contributed by atoms with Gasteiger partial charge in [-0.15, -0.1) is 12.4 Å². The van der Waals surface area contributed by atoms with Gasteiger partial charge in [0.2, 0.25) is 0 Å². The van der Waals surface area contributed by atoms with Crippen molar-refractivity contribution in [2.24, 2.45) is 0 Å². The normalized spacial score (nSPS) is 10.1. The second-order valence-electron chi connectivity index (χ2n) is 4.28. The average Bonchev–Trinajstić information content (AvgIpc) is 2.43. The van der Waals surface area contributed by atoms with Crippen molar-refractivity contribution < 1.29 is 14.8 Å². The van der Waals surface area contributed by atoms with E-state index in [2.05, 4.69) is 24.1 Å². The van der Waals surface area contributed by atoms with E-state index in [1.807, 2.05) is 0 Å². The molecule has 0 atom stereocenters. The molecule has 0 aliphatic carbocycles. The minimum absolute atomic E-state index is 0. The van der Waals surface area contributed by atoms with Crippen molar-refractivity contribution in [2.75, 3.05) is 26.2 Å². The number of nitrogens with zero attached hydrogens (tertiary/aromatic N) is 1. The first kappa shape index (κ1) is 18.9. The van der Waals surface area contributed by atoms with Crippen molar-refractivity contribution in [3.05, 3.63) is 29.8 Å². The zero-order chi connectivity index (χ0) is 14.3. The molecule has 1 rings (SSSR count). The molecule has 1 aromatic carbocycles. The maximum absolute atomic E-state index is 11.9. The van der Waals surface area contributed by atoms with Gasteiger partial charge in [-0.25, -0.2) is 0 Å². The molecule has 112 valence electrons. The second-order valence-corrected chi connectivity index (χ2v) is 4.28. The fourth-order valence-corrected chi connectivity index (χ4v) is 1.81. The van der Waals surface area contributed by atoms with E-state index in [9.17, 15) is 4.79 Å². The number of carbonyl (C=O) groups is 1. The Morgan fingerprint density at radius 3 is 2.50 bits per heavy atom. The summed E-state index contributed by atoms with van der Waals surface area (Å²) < 4.78 is 0. The zero-order valence-electron chi connectivity index (χ0n) is 11.9. The highest BCUT2D eigenvalue weighted by Gasteiger charge is 2.13. The molecule has 0 fully saturated rings. The van der Waals surface area contributed by atoms with Crippen LogP contribution in [0.5, 0.6) is 0 Å². The minimum Gasteiger partial charge on any atom is -0.423 e. The van der Waals surface area contributed by atoms with Gasteiger partial charge >= 0.3 is 7.12 Å². The van der Waals surface area contributed by atoms with Crippen LogP contribution in [0, 0.1) is 0 Å². The first-order valence-corrected chi connectivity index (χ1v) is 6.55. The molecule has 20 heavy (non-hydrogen) atoms. The summed E-state index contributed by atoms with van der Waals surface area (Å²) in [5, 5.41) is 20.9. The molecule has 0 aromatic heterocycles. The van der Waals surface area contributed by atoms with Gasteiger partial charge in [0.15, 0.2) is 0 Å². The van der Waals surface area contributed by atoms with Crippen LogP contribution in [0.4, 0.5) is 0 Å². The Bertz CT molecular complexity index is 414. The van der Waals surface area contributed by atoms with Gasteiger partial charge in [0.05, 0.1) is 0 Å². The molecule has 7 heteroatoms. The van der Waals surface area contributed by atoms with E-state index in [0.29, 0.717) is 17.6 Å². The van der Waals surface area contributed by atoms with Crippen LogP contribution in [0.25, 0.3) is 0 Å². The number of carbonyl (C=O) groups excluding carboxylic acids is 1. The van der Waals surface area contributed by atoms with E-state index in [1.54, 1.807) is 18.2 Å². The highest BCUT2D eigenvalue weighted by atomic mass is 35.5. The van der Waals surface area contributed by atoms with Crippen LogP contribution in [-0.4, -0.2) is 54.2 Å². The minimum atomic E-state index is -1.55. The molecule has 0 unspecified atom stereocenters. The molecular formula is C13H22BClN2O3. The Balaban J connectivity index is 0.00000361. The van der Waals surface area contributed by atoms with E-state index in [4.69, 9.17) is 10.0 Å². The summed E-state index contributed by atoms with van der Waals surface area (Å²) in [7, 11) is -1.55. The summed E-state index contributed by atoms with van der Waals surface area (Å²) in [5.41, 5.74) is 0.751. The molecule has 0 saturated carbocycles. The maximum Gasteiger partial charge on any atom is 0.488 e. The van der Waals surface area contributed by atoms with Gasteiger partial charge < -0.3 is 20.3 Å². The van der Waals surface area contributed by atoms with Crippen LogP contribution < -0.4 is 10.8 Å². The quantitative estimate of drug-likeness (QED) is 0.613. The summed E-state index contributed by atoms with van der Waals surface area (Å²) in [4.78, 5) is 14.1. The lowest BCUT2D eigenvalue weighted by Crippen LogP contribution is -2.36. The lowest BCUT2D eigenvalue weighted by Gasteiger charge is -2.18. The van der Waals surface area contributed by atoms with Crippen LogP contribution in [0.2, 0.25) is 0 Å². The molecule has 0 aliphatic rings. The van der Waals surface area contributed by atoms with Gasteiger partial charge in [-0.2, -0.15) is 0 Å². The van der Waals surface area contributed by atoms with Crippen molar-refractivity contribution >= 4 is 30.9 Å². The van der Waals surface area contributed by atoms with Gasteiger partial charge in [0.25, 0.3) is 5.91 Å². The van der Waals surface area contributed by atoms with Crippen LogP contribution in [-0.2, 0) is 0 Å². The van der Waals surface area contributed by atoms with Gasteiger partial charge in [0, 0.05) is 18.7 Å². The van der Waals surface area contributed by atoms with Gasteiger partial charge in [-0.1, -0.05) is 26.0 Å². The number of likely N-dealkylation sites (N-methyl/N-ethyl adjacent to an activating group) is 1. The highest BCUT2D eigenvalue weighted by Crippen LogP contribution is 1.97. The molecule has 0 radical (unpaired) electrons. The Labute approximate surface area is 126 Å². The average molecular weight is 301 g/mol. The van der Waals surface area contributed by atoms with Crippen LogP contribution >= 0.6 is 12.4 Å². The molecule has 0 spiro atoms. The van der Waals surface area contributed by atoms with Gasteiger partial charge in [-0.3, -0.25) is 4.79 Å². The number of rotatable bonds is 7. The number of nitrogens with one attached hydrogen (secondary N) is 1. The fraction of sp³-hybridized carbons (Fsp3) is 0.462. The number of hydrogen-bond acceptors (Lipinski definition) is 4. The van der Waals surface area contributed by atoms with E-state index in [-0.39, 0.29) is 18.3 Å². The molecular weight excluding hydrogens is 278 g/mol. The van der Waals surface area contributed by atoms with Crippen molar-refractivity contribution in [3.8, 4) is 0 Å². The van der Waals surface area contributed by atoms with Crippen LogP contribution in [0.3, 0.4) is 0 Å². The molecule has 1 aromatic rings. The van der Waals surface area contributed by atoms with Crippen molar-refractivity contribution in [1.29, 1.82) is 0 Å². The lowest BCUT2D eigenvalue weighted by molar-refractivity contribution is 0.0949. The molecule has 3 N–H and O–H groups in total. The molecule has 5 nitrogen and oxygen atoms in total. The Morgan fingerprint density at radius 2 is 1.95 bits per heavy atom. The van der Waals surface area contributed by atoms with Gasteiger partial charge in [-0.05, 0) is 30.7 Å². The predicted molar refractivity (Wildman–Crippen MR) is 83.6 cm³/mol. The summed E-state index contributed by atoms with van der Waals surface area (Å²) in [6.45, 7) is 7.46. The maximum atomic E-state index is 11.9. The van der Waals surface area contributed by atoms with E-state index in [0.717, 1.165) is 19.6 Å². The summed E-state index contributed by atoms with van der Waals surface area (Å²) >= 11 is 0. The Hall–Kier alpha value is -1.08. The van der Waals surface area contributed by atoms with Gasteiger partial charge in [0.1, 0.15) is 0 Å². The van der Waals surface area contributed by atoms with E-state index < -0.39 is 7.12 Å². The summed E-state index contributed by atoms with van der Waals surface area (Å²) in [5.74, 6) is -0.199. The lowest BCUT2D eigenvalue weighted by atomic mass is 9.79. The van der Waals surface area contributed by atoms with Crippen LogP contribution in [0.1, 0.15) is 24.2 Å². The Morgan fingerprint density at radius 1 is 1.30 bits per heavy atom.